The van der Waals surface area contributed by atoms with Crippen molar-refractivity contribution >= 4 is 31.6 Å². The van der Waals surface area contributed by atoms with Gasteiger partial charge in [-0.2, -0.15) is 8.61 Å². The topological polar surface area (TPSA) is 116 Å². The van der Waals surface area contributed by atoms with E-state index in [0.29, 0.717) is 37.4 Å². The maximum absolute atomic E-state index is 13.4. The second-order valence-corrected chi connectivity index (χ2v) is 11.7. The van der Waals surface area contributed by atoms with E-state index in [-0.39, 0.29) is 29.6 Å². The quantitative estimate of drug-likeness (QED) is 0.537. The van der Waals surface area contributed by atoms with Crippen molar-refractivity contribution in [3.05, 3.63) is 59.9 Å². The first kappa shape index (κ1) is 25.2. The van der Waals surface area contributed by atoms with Crippen LogP contribution in [-0.4, -0.2) is 69.8 Å². The van der Waals surface area contributed by atoms with E-state index < -0.39 is 25.9 Å². The molecule has 12 heteroatoms. The third kappa shape index (κ3) is 6.81. The number of amides is 1. The van der Waals surface area contributed by atoms with E-state index in [0.717, 1.165) is 4.31 Å². The Morgan fingerprint density at radius 1 is 1.03 bits per heavy atom. The Hall–Kier alpha value is -2.38. The van der Waals surface area contributed by atoms with Crippen molar-refractivity contribution < 1.29 is 26.0 Å². The lowest BCUT2D eigenvalue weighted by Crippen LogP contribution is -2.48. The van der Waals surface area contributed by atoms with Gasteiger partial charge in [-0.15, -0.1) is 0 Å². The molecule has 0 aromatic heterocycles. The highest BCUT2D eigenvalue weighted by Gasteiger charge is 2.29. The minimum atomic E-state index is -4.08. The van der Waals surface area contributed by atoms with Gasteiger partial charge in [0, 0.05) is 51.9 Å². The molecule has 33 heavy (non-hydrogen) atoms. The van der Waals surface area contributed by atoms with E-state index in [1.807, 2.05) is 0 Å². The number of benzene rings is 2. The van der Waals surface area contributed by atoms with Gasteiger partial charge in [0.25, 0.3) is 0 Å². The molecule has 2 aromatic rings. The molecule has 1 aliphatic rings. The molecule has 1 heterocycles. The molecule has 1 saturated heterocycles. The zero-order valence-electron chi connectivity index (χ0n) is 18.2. The molecule has 1 aliphatic heterocycles. The van der Waals surface area contributed by atoms with Crippen molar-refractivity contribution in [1.82, 2.24) is 13.9 Å². The number of anilines is 1. The van der Waals surface area contributed by atoms with Gasteiger partial charge in [-0.25, -0.2) is 21.2 Å². The lowest BCUT2D eigenvalue weighted by molar-refractivity contribution is -0.114. The molecule has 1 fully saturated rings. The van der Waals surface area contributed by atoms with Crippen LogP contribution in [0.2, 0.25) is 0 Å². The highest BCUT2D eigenvalue weighted by molar-refractivity contribution is 7.90. The molecule has 180 valence electrons. The Labute approximate surface area is 193 Å². The molecule has 1 amide bonds. The van der Waals surface area contributed by atoms with Crippen molar-refractivity contribution in [3.8, 4) is 0 Å². The summed E-state index contributed by atoms with van der Waals surface area (Å²) in [5.74, 6) is -1.12. The summed E-state index contributed by atoms with van der Waals surface area (Å²) in [5, 5.41) is 5.65. The smallest absolute Gasteiger partial charge is 0.243 e. The van der Waals surface area contributed by atoms with Crippen LogP contribution in [0.15, 0.2) is 53.4 Å². The van der Waals surface area contributed by atoms with E-state index in [1.165, 1.54) is 59.8 Å². The normalized spacial score (nSPS) is 15.5. The first-order valence-electron chi connectivity index (χ1n) is 10.4. The number of hydrogen-bond acceptors (Lipinski definition) is 6. The summed E-state index contributed by atoms with van der Waals surface area (Å²) in [7, 11) is -7.74. The fourth-order valence-corrected chi connectivity index (χ4v) is 6.40. The summed E-state index contributed by atoms with van der Waals surface area (Å²) in [6, 6.07) is 11.0. The maximum Gasteiger partial charge on any atom is 0.243 e. The zero-order chi connectivity index (χ0) is 24.1. The SMILES string of the molecule is CC(=O)Nc1ccc(S(=O)(=O)N(CCS(=O)(=O)N2CCNCC2)Cc2ccc(F)cc2)cc1. The molecular weight excluding hydrogens is 471 g/mol. The van der Waals surface area contributed by atoms with E-state index >= 15 is 0 Å². The number of hydrogen-bond donors (Lipinski definition) is 2. The Bertz CT molecular complexity index is 1160. The van der Waals surface area contributed by atoms with Gasteiger partial charge >= 0.3 is 0 Å². The molecular formula is C21H27FN4O5S2. The van der Waals surface area contributed by atoms with Gasteiger partial charge in [0.15, 0.2) is 0 Å². The van der Waals surface area contributed by atoms with Crippen LogP contribution in [0.25, 0.3) is 0 Å². The molecule has 0 radical (unpaired) electrons. The number of halogens is 1. The molecule has 2 N–H and O–H groups in total. The van der Waals surface area contributed by atoms with Crippen molar-refractivity contribution in [2.45, 2.75) is 18.4 Å². The molecule has 9 nitrogen and oxygen atoms in total. The van der Waals surface area contributed by atoms with Crippen LogP contribution in [-0.2, 0) is 31.4 Å². The van der Waals surface area contributed by atoms with Gasteiger partial charge in [0.1, 0.15) is 5.82 Å². The van der Waals surface area contributed by atoms with Crippen LogP contribution in [0.1, 0.15) is 12.5 Å². The van der Waals surface area contributed by atoms with Crippen molar-refractivity contribution in [2.24, 2.45) is 0 Å². The van der Waals surface area contributed by atoms with Crippen molar-refractivity contribution in [3.63, 3.8) is 0 Å². The number of sulfonamides is 2. The number of nitrogens with zero attached hydrogens (tertiary/aromatic N) is 2. The first-order chi connectivity index (χ1) is 15.6. The standard InChI is InChI=1S/C21H27FN4O5S2/c1-17(27)24-20-6-8-21(9-7-20)33(30,31)26(16-18-2-4-19(22)5-3-18)14-15-32(28,29)25-12-10-23-11-13-25/h2-9,23H,10-16H2,1H3,(H,24,27). The monoisotopic (exact) mass is 498 g/mol. The summed E-state index contributed by atoms with van der Waals surface area (Å²) in [6.07, 6.45) is 0. The highest BCUT2D eigenvalue weighted by atomic mass is 32.2. The van der Waals surface area contributed by atoms with E-state index in [2.05, 4.69) is 10.6 Å². The van der Waals surface area contributed by atoms with Crippen LogP contribution < -0.4 is 10.6 Å². The summed E-state index contributed by atoms with van der Waals surface area (Å²) in [6.45, 7) is 2.70. The lowest BCUT2D eigenvalue weighted by atomic mass is 10.2. The fourth-order valence-electron chi connectivity index (χ4n) is 3.41. The average molecular weight is 499 g/mol. The van der Waals surface area contributed by atoms with Gasteiger partial charge in [0.2, 0.25) is 26.0 Å². The summed E-state index contributed by atoms with van der Waals surface area (Å²) in [4.78, 5) is 11.2. The fraction of sp³-hybridized carbons (Fsp3) is 0.381. The molecule has 0 spiro atoms. The molecule has 0 atom stereocenters. The van der Waals surface area contributed by atoms with Crippen LogP contribution in [0.3, 0.4) is 0 Å². The number of piperazine rings is 1. The Morgan fingerprint density at radius 2 is 1.64 bits per heavy atom. The van der Waals surface area contributed by atoms with Gasteiger partial charge in [-0.3, -0.25) is 4.79 Å². The predicted octanol–water partition coefficient (Wildman–Crippen LogP) is 1.21. The molecule has 2 aromatic carbocycles. The number of carbonyl (C=O) groups is 1. The number of nitrogens with one attached hydrogen (secondary N) is 2. The van der Waals surface area contributed by atoms with Gasteiger partial charge in [-0.05, 0) is 42.0 Å². The predicted molar refractivity (Wildman–Crippen MR) is 123 cm³/mol. The molecule has 0 aliphatic carbocycles. The summed E-state index contributed by atoms with van der Waals surface area (Å²) >= 11 is 0. The Morgan fingerprint density at radius 3 is 2.21 bits per heavy atom. The van der Waals surface area contributed by atoms with Gasteiger partial charge in [-0.1, -0.05) is 12.1 Å². The zero-order valence-corrected chi connectivity index (χ0v) is 19.8. The lowest BCUT2D eigenvalue weighted by Gasteiger charge is -2.28. The van der Waals surface area contributed by atoms with E-state index in [1.54, 1.807) is 0 Å². The first-order valence-corrected chi connectivity index (χ1v) is 13.4. The minimum absolute atomic E-state index is 0.0433. The second kappa shape index (κ2) is 10.7. The second-order valence-electron chi connectivity index (χ2n) is 7.64. The highest BCUT2D eigenvalue weighted by Crippen LogP contribution is 2.21. The molecule has 3 rings (SSSR count). The van der Waals surface area contributed by atoms with Crippen molar-refractivity contribution in [2.75, 3.05) is 43.8 Å². The Kier molecular flexibility index (Phi) is 8.19. The average Bonchev–Trinajstić information content (AvgIpc) is 2.78. The van der Waals surface area contributed by atoms with Crippen molar-refractivity contribution in [1.29, 1.82) is 0 Å². The largest absolute Gasteiger partial charge is 0.326 e. The maximum atomic E-state index is 13.4. The minimum Gasteiger partial charge on any atom is -0.326 e. The third-order valence-electron chi connectivity index (χ3n) is 5.15. The molecule has 0 bridgehead atoms. The molecule has 0 saturated carbocycles. The molecule has 0 unspecified atom stereocenters. The van der Waals surface area contributed by atoms with Crippen LogP contribution in [0, 0.1) is 5.82 Å². The van der Waals surface area contributed by atoms with Crippen LogP contribution in [0.5, 0.6) is 0 Å². The third-order valence-corrected chi connectivity index (χ3v) is 8.86. The van der Waals surface area contributed by atoms with E-state index in [9.17, 15) is 26.0 Å². The number of carbonyl (C=O) groups excluding carboxylic acids is 1. The van der Waals surface area contributed by atoms with Crippen LogP contribution in [0.4, 0.5) is 10.1 Å². The van der Waals surface area contributed by atoms with Gasteiger partial charge < -0.3 is 10.6 Å². The Balaban J connectivity index is 1.85. The number of rotatable bonds is 9. The summed E-state index contributed by atoms with van der Waals surface area (Å²) < 4.78 is 68.1. The van der Waals surface area contributed by atoms with Crippen LogP contribution >= 0.6 is 0 Å². The van der Waals surface area contributed by atoms with Gasteiger partial charge in [0.05, 0.1) is 10.6 Å². The summed E-state index contributed by atoms with van der Waals surface area (Å²) in [5.41, 5.74) is 0.960. The van der Waals surface area contributed by atoms with E-state index in [4.69, 9.17) is 0 Å².